The number of hydrogen-bond acceptors (Lipinski definition) is 4. The van der Waals surface area contributed by atoms with E-state index >= 15 is 0 Å². The fourth-order valence-corrected chi connectivity index (χ4v) is 2.93. The minimum absolute atomic E-state index is 0.277. The number of amides is 1. The van der Waals surface area contributed by atoms with Crippen molar-refractivity contribution in [1.82, 2.24) is 4.98 Å². The molecule has 0 fully saturated rings. The normalized spacial score (nSPS) is 10.4. The molecule has 3 rings (SSSR count). The van der Waals surface area contributed by atoms with Gasteiger partial charge in [0.15, 0.2) is 0 Å². The Hall–Kier alpha value is -3.05. The lowest BCUT2D eigenvalue weighted by molar-refractivity contribution is 0.102. The van der Waals surface area contributed by atoms with E-state index in [1.165, 1.54) is 0 Å². The zero-order chi connectivity index (χ0) is 19.9. The average molecular weight is 396 g/mol. The maximum atomic E-state index is 12.3. The number of pyridine rings is 1. The summed E-state index contributed by atoms with van der Waals surface area (Å²) in [6.45, 7) is 2.64. The third kappa shape index (κ3) is 5.02. The highest BCUT2D eigenvalue weighted by Crippen LogP contribution is 2.21. The van der Waals surface area contributed by atoms with Gasteiger partial charge in [0.1, 0.15) is 11.4 Å². The van der Waals surface area contributed by atoms with Gasteiger partial charge < -0.3 is 15.4 Å². The zero-order valence-corrected chi connectivity index (χ0v) is 16.6. The van der Waals surface area contributed by atoms with Gasteiger partial charge in [-0.25, -0.2) is 4.98 Å². The van der Waals surface area contributed by atoms with Crippen molar-refractivity contribution >= 4 is 28.9 Å². The number of carbonyl (C=O) groups is 1. The summed E-state index contributed by atoms with van der Waals surface area (Å²) in [6.07, 6.45) is 2.47. The molecule has 1 heterocycles. The number of rotatable bonds is 7. The second kappa shape index (κ2) is 9.24. The van der Waals surface area contributed by atoms with Crippen LogP contribution in [0.25, 0.3) is 0 Å². The van der Waals surface area contributed by atoms with Crippen molar-refractivity contribution in [3.8, 4) is 5.75 Å². The van der Waals surface area contributed by atoms with E-state index in [1.54, 1.807) is 25.4 Å². The fourth-order valence-electron chi connectivity index (χ4n) is 2.75. The number of carbonyl (C=O) groups excluding carboxylic acids is 1. The van der Waals surface area contributed by atoms with Crippen molar-refractivity contribution in [2.24, 2.45) is 0 Å². The molecule has 0 spiro atoms. The first-order chi connectivity index (χ1) is 13.6. The molecule has 1 aromatic heterocycles. The van der Waals surface area contributed by atoms with E-state index in [2.05, 4.69) is 15.6 Å². The third-order valence-electron chi connectivity index (χ3n) is 4.34. The largest absolute Gasteiger partial charge is 0.496 e. The second-order valence-corrected chi connectivity index (χ2v) is 6.75. The lowest BCUT2D eigenvalue weighted by Gasteiger charge is -2.10. The number of nitrogens with zero attached hydrogens (tertiary/aromatic N) is 1. The molecular formula is C22H22ClN3O2. The third-order valence-corrected chi connectivity index (χ3v) is 4.75. The first-order valence-electron chi connectivity index (χ1n) is 8.96. The molecule has 0 aliphatic carbocycles. The van der Waals surface area contributed by atoms with Crippen molar-refractivity contribution in [3.05, 3.63) is 82.6 Å². The number of methoxy groups -OCH3 is 1. The van der Waals surface area contributed by atoms with Gasteiger partial charge in [0.25, 0.3) is 5.91 Å². The second-order valence-electron chi connectivity index (χ2n) is 6.34. The van der Waals surface area contributed by atoms with E-state index in [0.29, 0.717) is 16.4 Å². The molecule has 144 valence electrons. The molecular weight excluding hydrogens is 374 g/mol. The van der Waals surface area contributed by atoms with Gasteiger partial charge >= 0.3 is 0 Å². The Kier molecular flexibility index (Phi) is 6.50. The van der Waals surface area contributed by atoms with Crippen LogP contribution in [0.2, 0.25) is 5.02 Å². The molecule has 0 aliphatic heterocycles. The molecule has 0 saturated carbocycles. The van der Waals surface area contributed by atoms with E-state index in [-0.39, 0.29) is 5.91 Å². The summed E-state index contributed by atoms with van der Waals surface area (Å²) >= 11 is 6.09. The van der Waals surface area contributed by atoms with Crippen molar-refractivity contribution < 1.29 is 9.53 Å². The van der Waals surface area contributed by atoms with Crippen molar-refractivity contribution in [3.63, 3.8) is 0 Å². The smallest absolute Gasteiger partial charge is 0.274 e. The first kappa shape index (κ1) is 19.7. The van der Waals surface area contributed by atoms with E-state index in [0.717, 1.165) is 35.5 Å². The lowest BCUT2D eigenvalue weighted by atomic mass is 10.1. The van der Waals surface area contributed by atoms with Crippen LogP contribution in [-0.2, 0) is 6.42 Å². The van der Waals surface area contributed by atoms with Crippen molar-refractivity contribution in [2.45, 2.75) is 13.3 Å². The van der Waals surface area contributed by atoms with E-state index in [1.807, 2.05) is 49.4 Å². The minimum atomic E-state index is -0.277. The van der Waals surface area contributed by atoms with Gasteiger partial charge in [-0.1, -0.05) is 35.9 Å². The number of halogens is 1. The van der Waals surface area contributed by atoms with Gasteiger partial charge in [0.2, 0.25) is 0 Å². The number of hydrogen-bond donors (Lipinski definition) is 2. The monoisotopic (exact) mass is 395 g/mol. The Bertz CT molecular complexity index is 958. The molecule has 0 saturated heterocycles. The van der Waals surface area contributed by atoms with Crippen molar-refractivity contribution in [2.75, 3.05) is 24.3 Å². The molecule has 2 aromatic carbocycles. The van der Waals surface area contributed by atoms with Gasteiger partial charge in [0.05, 0.1) is 19.0 Å². The Morgan fingerprint density at radius 3 is 2.61 bits per heavy atom. The molecule has 2 N–H and O–H groups in total. The molecule has 0 bridgehead atoms. The van der Waals surface area contributed by atoms with Crippen LogP contribution in [0.3, 0.4) is 0 Å². The SMILES string of the molecule is COc1ccccc1CCNc1ccc(C(=O)Nc2ccc(C)c(Cl)c2)nc1. The number of aryl methyl sites for hydroxylation is 1. The molecule has 5 nitrogen and oxygen atoms in total. The molecule has 28 heavy (non-hydrogen) atoms. The average Bonchev–Trinajstić information content (AvgIpc) is 2.71. The molecule has 1 amide bonds. The maximum Gasteiger partial charge on any atom is 0.274 e. The highest BCUT2D eigenvalue weighted by Gasteiger charge is 2.09. The van der Waals surface area contributed by atoms with Crippen LogP contribution >= 0.6 is 11.6 Å². The van der Waals surface area contributed by atoms with Gasteiger partial charge in [-0.05, 0) is 54.8 Å². The maximum absolute atomic E-state index is 12.3. The fraction of sp³-hybridized carbons (Fsp3) is 0.182. The summed E-state index contributed by atoms with van der Waals surface area (Å²) in [7, 11) is 1.67. The summed E-state index contributed by atoms with van der Waals surface area (Å²) in [5.74, 6) is 0.603. The van der Waals surface area contributed by atoms with Crippen LogP contribution in [-0.4, -0.2) is 24.5 Å². The van der Waals surface area contributed by atoms with Gasteiger partial charge in [-0.3, -0.25) is 4.79 Å². The van der Waals surface area contributed by atoms with E-state index < -0.39 is 0 Å². The summed E-state index contributed by atoms with van der Waals surface area (Å²) in [5.41, 5.74) is 3.93. The van der Waals surface area contributed by atoms with Crippen LogP contribution in [0.5, 0.6) is 5.75 Å². The molecule has 0 radical (unpaired) electrons. The van der Waals surface area contributed by atoms with Crippen LogP contribution in [0.1, 0.15) is 21.6 Å². The van der Waals surface area contributed by atoms with Gasteiger partial charge in [-0.15, -0.1) is 0 Å². The Morgan fingerprint density at radius 1 is 1.11 bits per heavy atom. The number of para-hydroxylation sites is 1. The van der Waals surface area contributed by atoms with Crippen LogP contribution in [0, 0.1) is 6.92 Å². The van der Waals surface area contributed by atoms with Crippen LogP contribution in [0.15, 0.2) is 60.8 Å². The number of benzene rings is 2. The van der Waals surface area contributed by atoms with Crippen LogP contribution < -0.4 is 15.4 Å². The molecule has 6 heteroatoms. The van der Waals surface area contributed by atoms with E-state index in [9.17, 15) is 4.79 Å². The Balaban J connectivity index is 1.55. The summed E-state index contributed by atoms with van der Waals surface area (Å²) in [4.78, 5) is 16.6. The number of anilines is 2. The molecule has 0 aliphatic rings. The summed E-state index contributed by atoms with van der Waals surface area (Å²) in [6, 6.07) is 16.9. The molecule has 3 aromatic rings. The highest BCUT2D eigenvalue weighted by atomic mass is 35.5. The summed E-state index contributed by atoms with van der Waals surface area (Å²) < 4.78 is 5.36. The quantitative estimate of drug-likeness (QED) is 0.593. The number of nitrogens with one attached hydrogen (secondary N) is 2. The van der Waals surface area contributed by atoms with Gasteiger partial charge in [0, 0.05) is 17.3 Å². The summed E-state index contributed by atoms with van der Waals surface area (Å²) in [5, 5.41) is 6.72. The first-order valence-corrected chi connectivity index (χ1v) is 9.34. The van der Waals surface area contributed by atoms with E-state index in [4.69, 9.17) is 16.3 Å². The minimum Gasteiger partial charge on any atom is -0.496 e. The standard InChI is InChI=1S/C22H22ClN3O2/c1-15-7-8-17(13-19(15)23)26-22(27)20-10-9-18(14-25-20)24-12-11-16-5-3-4-6-21(16)28-2/h3-10,13-14,24H,11-12H2,1-2H3,(H,26,27). The molecule has 0 atom stereocenters. The highest BCUT2D eigenvalue weighted by molar-refractivity contribution is 6.31. The number of aromatic nitrogens is 1. The Labute approximate surface area is 169 Å². The molecule has 0 unspecified atom stereocenters. The topological polar surface area (TPSA) is 63.2 Å². The zero-order valence-electron chi connectivity index (χ0n) is 15.8. The Morgan fingerprint density at radius 2 is 1.89 bits per heavy atom. The van der Waals surface area contributed by atoms with Crippen LogP contribution in [0.4, 0.5) is 11.4 Å². The van der Waals surface area contributed by atoms with Gasteiger partial charge in [-0.2, -0.15) is 0 Å². The lowest BCUT2D eigenvalue weighted by Crippen LogP contribution is -2.14. The van der Waals surface area contributed by atoms with Crippen molar-refractivity contribution in [1.29, 1.82) is 0 Å². The number of ether oxygens (including phenoxy) is 1. The predicted octanol–water partition coefficient (Wildman–Crippen LogP) is 4.96. The predicted molar refractivity (Wildman–Crippen MR) is 114 cm³/mol.